The zero-order chi connectivity index (χ0) is 15.9. The van der Waals surface area contributed by atoms with Gasteiger partial charge in [0, 0.05) is 6.08 Å². The van der Waals surface area contributed by atoms with Crippen LogP contribution in [0.4, 0.5) is 5.95 Å². The molecule has 0 fully saturated rings. The maximum atomic E-state index is 11.8. The Bertz CT molecular complexity index is 706. The topological polar surface area (TPSA) is 86.1 Å². The molecular formula is C15H16N4O3. The lowest BCUT2D eigenvalue weighted by Crippen LogP contribution is -2.13. The number of carbonyl (C=O) groups excluding carboxylic acids is 2. The van der Waals surface area contributed by atoms with Crippen LogP contribution in [0, 0.1) is 6.92 Å². The fraction of sp³-hybridized carbons (Fsp3) is 0.200. The third-order valence-corrected chi connectivity index (χ3v) is 2.76. The van der Waals surface area contributed by atoms with Gasteiger partial charge in [-0.1, -0.05) is 29.8 Å². The Kier molecular flexibility index (Phi) is 5.02. The number of esters is 1. The molecule has 22 heavy (non-hydrogen) atoms. The molecule has 1 amide bonds. The zero-order valence-electron chi connectivity index (χ0n) is 12.3. The van der Waals surface area contributed by atoms with E-state index in [1.807, 2.05) is 31.2 Å². The van der Waals surface area contributed by atoms with Crippen LogP contribution in [0.15, 0.2) is 36.7 Å². The number of nitrogens with zero attached hydrogens (tertiary/aromatic N) is 3. The molecule has 1 aromatic carbocycles. The van der Waals surface area contributed by atoms with E-state index in [-0.39, 0.29) is 18.4 Å². The van der Waals surface area contributed by atoms with E-state index in [1.54, 1.807) is 6.08 Å². The first kappa shape index (κ1) is 15.4. The number of aryl methyl sites for hydroxylation is 1. The minimum Gasteiger partial charge on any atom is -0.468 e. The Balaban J connectivity index is 1.93. The van der Waals surface area contributed by atoms with E-state index < -0.39 is 5.97 Å². The molecule has 0 radical (unpaired) electrons. The van der Waals surface area contributed by atoms with Gasteiger partial charge in [0.15, 0.2) is 0 Å². The van der Waals surface area contributed by atoms with Gasteiger partial charge in [0.2, 0.25) is 5.95 Å². The summed E-state index contributed by atoms with van der Waals surface area (Å²) >= 11 is 0. The highest BCUT2D eigenvalue weighted by Gasteiger charge is 2.07. The third-order valence-electron chi connectivity index (χ3n) is 2.76. The predicted molar refractivity (Wildman–Crippen MR) is 80.9 cm³/mol. The molecule has 0 aliphatic rings. The van der Waals surface area contributed by atoms with E-state index in [1.165, 1.54) is 24.2 Å². The van der Waals surface area contributed by atoms with Crippen LogP contribution in [0.1, 0.15) is 11.1 Å². The van der Waals surface area contributed by atoms with Gasteiger partial charge in [-0.2, -0.15) is 0 Å². The van der Waals surface area contributed by atoms with Gasteiger partial charge in [0.1, 0.15) is 12.9 Å². The molecular weight excluding hydrogens is 284 g/mol. The van der Waals surface area contributed by atoms with Crippen LogP contribution < -0.4 is 5.32 Å². The van der Waals surface area contributed by atoms with Gasteiger partial charge in [0.25, 0.3) is 5.91 Å². The first-order chi connectivity index (χ1) is 10.6. The Labute approximate surface area is 127 Å². The number of methoxy groups -OCH3 is 1. The van der Waals surface area contributed by atoms with E-state index in [0.717, 1.165) is 11.1 Å². The van der Waals surface area contributed by atoms with Crippen LogP contribution in [0.25, 0.3) is 6.08 Å². The SMILES string of the molecule is COC(=O)Cn1cnc(NC(=O)/C=C\c2cccc(C)c2)n1. The molecule has 0 unspecified atom stereocenters. The summed E-state index contributed by atoms with van der Waals surface area (Å²) in [7, 11) is 1.29. The fourth-order valence-corrected chi connectivity index (χ4v) is 1.72. The van der Waals surface area contributed by atoms with Crippen molar-refractivity contribution in [2.24, 2.45) is 0 Å². The monoisotopic (exact) mass is 300 g/mol. The highest BCUT2D eigenvalue weighted by atomic mass is 16.5. The Morgan fingerprint density at radius 1 is 1.41 bits per heavy atom. The normalized spacial score (nSPS) is 10.6. The standard InChI is InChI=1S/C15H16N4O3/c1-11-4-3-5-12(8-11)6-7-13(20)17-15-16-10-19(18-15)9-14(21)22-2/h3-8,10H,9H2,1-2H3,(H,17,18,20)/b7-6-. The Morgan fingerprint density at radius 3 is 2.95 bits per heavy atom. The summed E-state index contributed by atoms with van der Waals surface area (Å²) in [5.41, 5.74) is 2.05. The molecule has 7 heteroatoms. The number of hydrogen-bond donors (Lipinski definition) is 1. The molecule has 0 saturated heterocycles. The molecule has 2 rings (SSSR count). The van der Waals surface area contributed by atoms with Crippen molar-refractivity contribution in [2.75, 3.05) is 12.4 Å². The average molecular weight is 300 g/mol. The quantitative estimate of drug-likeness (QED) is 0.666. The average Bonchev–Trinajstić information content (AvgIpc) is 2.92. The molecule has 1 N–H and O–H groups in total. The number of carbonyl (C=O) groups is 2. The fourth-order valence-electron chi connectivity index (χ4n) is 1.72. The number of aromatic nitrogens is 3. The maximum absolute atomic E-state index is 11.8. The highest BCUT2D eigenvalue weighted by molar-refractivity contribution is 6.00. The molecule has 0 saturated carbocycles. The van der Waals surface area contributed by atoms with Crippen molar-refractivity contribution in [3.8, 4) is 0 Å². The minimum atomic E-state index is -0.442. The molecule has 0 atom stereocenters. The second kappa shape index (κ2) is 7.16. The largest absolute Gasteiger partial charge is 0.468 e. The second-order valence-corrected chi connectivity index (χ2v) is 4.58. The van der Waals surface area contributed by atoms with Gasteiger partial charge < -0.3 is 4.74 Å². The molecule has 2 aromatic rings. The third kappa shape index (κ3) is 4.55. The van der Waals surface area contributed by atoms with E-state index in [0.29, 0.717) is 0 Å². The zero-order valence-corrected chi connectivity index (χ0v) is 12.3. The van der Waals surface area contributed by atoms with Crippen LogP contribution in [-0.4, -0.2) is 33.8 Å². The Hall–Kier alpha value is -2.96. The number of rotatable bonds is 5. The van der Waals surface area contributed by atoms with Gasteiger partial charge in [-0.15, -0.1) is 5.10 Å². The van der Waals surface area contributed by atoms with Crippen LogP contribution >= 0.6 is 0 Å². The van der Waals surface area contributed by atoms with Crippen LogP contribution in [0.5, 0.6) is 0 Å². The number of benzene rings is 1. The van der Waals surface area contributed by atoms with Crippen LogP contribution in [-0.2, 0) is 20.9 Å². The van der Waals surface area contributed by atoms with Crippen molar-refractivity contribution < 1.29 is 14.3 Å². The van der Waals surface area contributed by atoms with E-state index in [2.05, 4.69) is 20.1 Å². The first-order valence-electron chi connectivity index (χ1n) is 6.59. The number of hydrogen-bond acceptors (Lipinski definition) is 5. The molecule has 0 spiro atoms. The summed E-state index contributed by atoms with van der Waals surface area (Å²) in [6.45, 7) is 1.92. The lowest BCUT2D eigenvalue weighted by atomic mass is 10.1. The predicted octanol–water partition coefficient (Wildman–Crippen LogP) is 1.41. The molecule has 7 nitrogen and oxygen atoms in total. The van der Waals surface area contributed by atoms with Gasteiger partial charge in [-0.05, 0) is 18.6 Å². The lowest BCUT2D eigenvalue weighted by molar-refractivity contribution is -0.141. The Morgan fingerprint density at radius 2 is 2.23 bits per heavy atom. The number of ether oxygens (including phenoxy) is 1. The summed E-state index contributed by atoms with van der Waals surface area (Å²) in [6.07, 6.45) is 4.44. The van der Waals surface area contributed by atoms with Gasteiger partial charge >= 0.3 is 5.97 Å². The van der Waals surface area contributed by atoms with Gasteiger partial charge in [0.05, 0.1) is 7.11 Å². The summed E-state index contributed by atoms with van der Waals surface area (Å²) in [5, 5.41) is 6.46. The summed E-state index contributed by atoms with van der Waals surface area (Å²) in [6, 6.07) is 7.77. The van der Waals surface area contributed by atoms with Crippen LogP contribution in [0.2, 0.25) is 0 Å². The minimum absolute atomic E-state index is 0.0570. The first-order valence-corrected chi connectivity index (χ1v) is 6.59. The number of anilines is 1. The summed E-state index contributed by atoms with van der Waals surface area (Å²) in [5.74, 6) is -0.665. The van der Waals surface area contributed by atoms with Gasteiger partial charge in [-0.3, -0.25) is 14.9 Å². The van der Waals surface area contributed by atoms with Crippen molar-refractivity contribution >= 4 is 23.9 Å². The van der Waals surface area contributed by atoms with Crippen molar-refractivity contribution in [3.05, 3.63) is 47.8 Å². The highest BCUT2D eigenvalue weighted by Crippen LogP contribution is 2.06. The van der Waals surface area contributed by atoms with Crippen molar-refractivity contribution in [1.82, 2.24) is 14.8 Å². The molecule has 0 aliphatic heterocycles. The molecule has 114 valence electrons. The molecule has 0 aliphatic carbocycles. The smallest absolute Gasteiger partial charge is 0.327 e. The lowest BCUT2D eigenvalue weighted by Gasteiger charge is -1.98. The number of amides is 1. The van der Waals surface area contributed by atoms with Crippen LogP contribution in [0.3, 0.4) is 0 Å². The van der Waals surface area contributed by atoms with E-state index in [9.17, 15) is 9.59 Å². The van der Waals surface area contributed by atoms with Crippen molar-refractivity contribution in [3.63, 3.8) is 0 Å². The molecule has 0 bridgehead atoms. The second-order valence-electron chi connectivity index (χ2n) is 4.58. The van der Waals surface area contributed by atoms with E-state index in [4.69, 9.17) is 0 Å². The van der Waals surface area contributed by atoms with Crippen molar-refractivity contribution in [1.29, 1.82) is 0 Å². The molecule has 1 aromatic heterocycles. The number of nitrogens with one attached hydrogen (secondary N) is 1. The maximum Gasteiger partial charge on any atom is 0.327 e. The van der Waals surface area contributed by atoms with Crippen molar-refractivity contribution in [2.45, 2.75) is 13.5 Å². The summed E-state index contributed by atoms with van der Waals surface area (Å²) in [4.78, 5) is 26.8. The van der Waals surface area contributed by atoms with Gasteiger partial charge in [-0.25, -0.2) is 9.67 Å². The van der Waals surface area contributed by atoms with E-state index >= 15 is 0 Å². The molecule has 1 heterocycles. The summed E-state index contributed by atoms with van der Waals surface area (Å²) < 4.78 is 5.80.